The molecule has 3 fully saturated rings. The second kappa shape index (κ2) is 29.7. The lowest BCUT2D eigenvalue weighted by Gasteiger charge is -2.57. The van der Waals surface area contributed by atoms with E-state index in [4.69, 9.17) is 14.5 Å². The van der Waals surface area contributed by atoms with Crippen molar-refractivity contribution >= 4 is 41.3 Å². The fourth-order valence-corrected chi connectivity index (χ4v) is 13.6. The number of aliphatic hydroxyl groups is 3. The fraction of sp³-hybridized carbons (Fsp3) is 0.585. The molecule has 0 aliphatic heterocycles. The summed E-state index contributed by atoms with van der Waals surface area (Å²) in [6.45, 7) is 12.3. The SMILES string of the molecule is COC(=O)CCC(C)C1CCCC2[C@H](O)C[C@@H]3C[C@@H](NC(=O)CCC(=O)N[C@H](CCCCNC(=O)OC(C)(C)C)C(=O)Nc4ccccc4C(Nc4ccccn4)C(c4ccccn4)C(O)c4ccccc4)CCC3(C)[C@H]2C[C@H](O)C1C. The smallest absolute Gasteiger partial charge is 0.407 e. The summed E-state index contributed by atoms with van der Waals surface area (Å²) in [5, 5.41) is 51.5. The Morgan fingerprint density at radius 1 is 0.793 bits per heavy atom. The average Bonchev–Trinajstić information content (AvgIpc) is 1.99. The second-order valence-corrected chi connectivity index (χ2v) is 24.8. The van der Waals surface area contributed by atoms with Crippen LogP contribution in [0.15, 0.2) is 103 Å². The Balaban J connectivity index is 1.02. The predicted molar refractivity (Wildman–Crippen MR) is 316 cm³/mol. The first-order chi connectivity index (χ1) is 39.2. The molecule has 2 aromatic heterocycles. The maximum Gasteiger partial charge on any atom is 0.407 e. The van der Waals surface area contributed by atoms with Gasteiger partial charge in [0.25, 0.3) is 0 Å². The zero-order chi connectivity index (χ0) is 59.0. The van der Waals surface area contributed by atoms with E-state index in [2.05, 4.69) is 52.3 Å². The van der Waals surface area contributed by atoms with Crippen LogP contribution in [0.1, 0.15) is 173 Å². The van der Waals surface area contributed by atoms with Gasteiger partial charge in [-0.3, -0.25) is 24.2 Å². The second-order valence-electron chi connectivity index (χ2n) is 24.8. The maximum absolute atomic E-state index is 14.7. The van der Waals surface area contributed by atoms with Crippen LogP contribution in [0.5, 0.6) is 0 Å². The number of alkyl carbamates (subject to hydrolysis) is 1. The van der Waals surface area contributed by atoms with E-state index >= 15 is 0 Å². The highest BCUT2D eigenvalue weighted by Crippen LogP contribution is 2.59. The summed E-state index contributed by atoms with van der Waals surface area (Å²) < 4.78 is 10.3. The monoisotopic (exact) mass is 1130 g/mol. The number of esters is 1. The molecule has 0 spiro atoms. The highest BCUT2D eigenvalue weighted by atomic mass is 16.6. The van der Waals surface area contributed by atoms with Crippen molar-refractivity contribution < 1.29 is 48.8 Å². The number of pyridine rings is 2. The van der Waals surface area contributed by atoms with E-state index in [1.165, 1.54) is 7.11 Å². The molecule has 8 N–H and O–H groups in total. The topological polar surface area (TPSA) is 250 Å². The van der Waals surface area contributed by atoms with Gasteiger partial charge in [0.05, 0.1) is 37.4 Å². The van der Waals surface area contributed by atoms with Crippen LogP contribution in [0.25, 0.3) is 0 Å². The van der Waals surface area contributed by atoms with Crippen LogP contribution in [-0.4, -0.2) is 98.6 Å². The fourth-order valence-electron chi connectivity index (χ4n) is 13.6. The number of hydrogen-bond donors (Lipinski definition) is 8. The molecule has 8 unspecified atom stereocenters. The molecule has 3 aliphatic rings. The molecule has 82 heavy (non-hydrogen) atoms. The van der Waals surface area contributed by atoms with Gasteiger partial charge in [-0.1, -0.05) is 87.9 Å². The lowest BCUT2D eigenvalue weighted by Crippen LogP contribution is -2.55. The zero-order valence-electron chi connectivity index (χ0n) is 49.2. The van der Waals surface area contributed by atoms with Gasteiger partial charge in [0.1, 0.15) is 17.5 Å². The van der Waals surface area contributed by atoms with Crippen LogP contribution in [0.3, 0.4) is 0 Å². The van der Waals surface area contributed by atoms with Crippen LogP contribution < -0.4 is 26.6 Å². The molecule has 0 bridgehead atoms. The number of unbranched alkanes of at least 4 members (excludes halogenated alkanes) is 1. The summed E-state index contributed by atoms with van der Waals surface area (Å²) >= 11 is 0. The van der Waals surface area contributed by atoms with Gasteiger partial charge in [-0.15, -0.1) is 0 Å². The number of aromatic nitrogens is 2. The summed E-state index contributed by atoms with van der Waals surface area (Å²) in [5.74, 6) is -0.794. The number of hydrogen-bond acceptors (Lipinski definition) is 13. The number of amides is 4. The Morgan fingerprint density at radius 3 is 2.21 bits per heavy atom. The number of rotatable bonds is 23. The van der Waals surface area contributed by atoms with Crippen molar-refractivity contribution in [2.24, 2.45) is 40.9 Å². The van der Waals surface area contributed by atoms with Gasteiger partial charge in [-0.25, -0.2) is 9.78 Å². The Labute approximate surface area is 485 Å². The molecule has 0 radical (unpaired) electrons. The summed E-state index contributed by atoms with van der Waals surface area (Å²) in [6, 6.07) is 25.8. The molecule has 4 amide bonds. The van der Waals surface area contributed by atoms with Gasteiger partial charge >= 0.3 is 12.1 Å². The Hall–Kier alpha value is -6.43. The van der Waals surface area contributed by atoms with Crippen molar-refractivity contribution in [1.82, 2.24) is 25.9 Å². The number of fused-ring (bicyclic) bond motifs is 3. The highest BCUT2D eigenvalue weighted by molar-refractivity contribution is 5.98. The van der Waals surface area contributed by atoms with Crippen molar-refractivity contribution in [3.8, 4) is 0 Å². The number of carbonyl (C=O) groups excluding carboxylic acids is 5. The van der Waals surface area contributed by atoms with Crippen LogP contribution in [-0.2, 0) is 28.7 Å². The lowest BCUT2D eigenvalue weighted by molar-refractivity contribution is -0.141. The van der Waals surface area contributed by atoms with Crippen molar-refractivity contribution in [1.29, 1.82) is 0 Å². The van der Waals surface area contributed by atoms with Gasteiger partial charge in [0.2, 0.25) is 17.7 Å². The molecule has 446 valence electrons. The van der Waals surface area contributed by atoms with Crippen LogP contribution >= 0.6 is 0 Å². The predicted octanol–water partition coefficient (Wildman–Crippen LogP) is 10.1. The van der Waals surface area contributed by atoms with E-state index in [-0.39, 0.29) is 84.6 Å². The number of benzene rings is 2. The first kappa shape index (κ1) is 63.2. The number of ether oxygens (including phenoxy) is 2. The average molecular weight is 1130 g/mol. The molecule has 17 nitrogen and oxygen atoms in total. The number of aliphatic hydroxyl groups excluding tert-OH is 3. The van der Waals surface area contributed by atoms with E-state index in [9.17, 15) is 39.3 Å². The van der Waals surface area contributed by atoms with Crippen LogP contribution in [0, 0.1) is 40.9 Å². The summed E-state index contributed by atoms with van der Waals surface area (Å²) in [4.78, 5) is 76.1. The molecule has 14 atom stereocenters. The zero-order valence-corrected chi connectivity index (χ0v) is 49.2. The third-order valence-electron chi connectivity index (χ3n) is 18.1. The third-order valence-corrected chi connectivity index (χ3v) is 18.1. The third kappa shape index (κ3) is 17.3. The molecule has 3 saturated carbocycles. The number of anilines is 2. The standard InChI is InChI=1S/C65H91N7O10/c1-41(29-32-58(77)81-7)46-23-19-24-47-49(40-53(73)42(46)2)65(6)34-33-45(38-44(65)39-54(47)74)69-56(75)30-31-57(76)70-52(27-14-17-37-68-63(80)82-64(3,4)5)62(79)71-50-25-12-11-22-48(50)60(72-55-28-15-18-36-67-55)59(51-26-13-16-35-66-51)61(78)43-20-9-8-10-21-43/h8-13,15-16,18,20-22,25-26,28,35-36,41-42,44-47,49,52-54,59-61,73-74,78H,14,17,19,23-24,27,29-34,37-40H2,1-7H3,(H,67,72)(H,68,80)(H,69,75)(H,70,76)(H,71,79)/t41?,42?,44-,45-,46?,47?,49-,52+,53-,54+,59?,60?,61?,65?/m0/s1. The minimum absolute atomic E-state index is 0.0331. The van der Waals surface area contributed by atoms with Crippen molar-refractivity contribution in [2.75, 3.05) is 24.3 Å². The van der Waals surface area contributed by atoms with Gasteiger partial charge < -0.3 is 51.4 Å². The largest absolute Gasteiger partial charge is 0.469 e. The van der Waals surface area contributed by atoms with Crippen molar-refractivity contribution in [3.05, 3.63) is 120 Å². The lowest BCUT2D eigenvalue weighted by atomic mass is 9.49. The summed E-state index contributed by atoms with van der Waals surface area (Å²) in [7, 11) is 1.41. The van der Waals surface area contributed by atoms with E-state index in [1.807, 2.05) is 78.9 Å². The Bertz CT molecular complexity index is 2680. The van der Waals surface area contributed by atoms with Crippen molar-refractivity contribution in [3.63, 3.8) is 0 Å². The molecule has 7 rings (SSSR count). The first-order valence-electron chi connectivity index (χ1n) is 29.9. The van der Waals surface area contributed by atoms with E-state index in [1.54, 1.807) is 45.3 Å². The molecule has 0 saturated heterocycles. The highest BCUT2D eigenvalue weighted by Gasteiger charge is 2.54. The van der Waals surface area contributed by atoms with Crippen molar-refractivity contribution in [2.45, 2.75) is 186 Å². The molecular weight excluding hydrogens is 1040 g/mol. The number of carbonyl (C=O) groups is 5. The van der Waals surface area contributed by atoms with E-state index < -0.39 is 59.8 Å². The van der Waals surface area contributed by atoms with Crippen LogP contribution in [0.2, 0.25) is 0 Å². The van der Waals surface area contributed by atoms with Gasteiger partial charge in [0, 0.05) is 55.6 Å². The maximum atomic E-state index is 14.7. The first-order valence-corrected chi connectivity index (χ1v) is 29.9. The Kier molecular flexibility index (Phi) is 22.9. The van der Waals surface area contributed by atoms with Gasteiger partial charge in [-0.2, -0.15) is 0 Å². The van der Waals surface area contributed by atoms with E-state index in [0.29, 0.717) is 73.3 Å². The number of methoxy groups -OCH3 is 1. The summed E-state index contributed by atoms with van der Waals surface area (Å²) in [5.41, 5.74) is 1.52. The molecule has 2 aromatic carbocycles. The molecule has 4 aromatic rings. The van der Waals surface area contributed by atoms with Gasteiger partial charge in [0.15, 0.2) is 0 Å². The Morgan fingerprint density at radius 2 is 1.50 bits per heavy atom. The molecule has 17 heteroatoms. The molecule has 2 heterocycles. The van der Waals surface area contributed by atoms with E-state index in [0.717, 1.165) is 32.1 Å². The number of para-hydroxylation sites is 1. The minimum atomic E-state index is -1.06. The molecule has 3 aliphatic carbocycles. The quantitative estimate of drug-likeness (QED) is 0.0255. The summed E-state index contributed by atoms with van der Waals surface area (Å²) in [6.07, 6.45) is 8.86. The number of nitrogens with one attached hydrogen (secondary N) is 5. The normalized spacial score (nSPS) is 25.5. The molecular formula is C65H91N7O10. The number of nitrogens with zero attached hydrogens (tertiary/aromatic N) is 2. The van der Waals surface area contributed by atoms with Gasteiger partial charge in [-0.05, 0) is 174 Å². The minimum Gasteiger partial charge on any atom is -0.469 e. The van der Waals surface area contributed by atoms with Crippen LogP contribution in [0.4, 0.5) is 16.3 Å².